The predicted octanol–water partition coefficient (Wildman–Crippen LogP) is 4.92. The number of rotatable bonds is 7. The van der Waals surface area contributed by atoms with Gasteiger partial charge in [-0.1, -0.05) is 24.3 Å². The number of pyridine rings is 1. The van der Waals surface area contributed by atoms with E-state index in [0.29, 0.717) is 25.9 Å². The lowest BCUT2D eigenvalue weighted by molar-refractivity contribution is -0.159. The monoisotopic (exact) mass is 434 g/mol. The van der Waals surface area contributed by atoms with Crippen LogP contribution in [0.2, 0.25) is 0 Å². The van der Waals surface area contributed by atoms with Gasteiger partial charge in [0.2, 0.25) is 0 Å². The van der Waals surface area contributed by atoms with Crippen molar-refractivity contribution in [2.24, 2.45) is 5.41 Å². The van der Waals surface area contributed by atoms with Crippen LogP contribution in [0.25, 0.3) is 0 Å². The highest BCUT2D eigenvalue weighted by Crippen LogP contribution is 2.41. The summed E-state index contributed by atoms with van der Waals surface area (Å²) in [5, 5.41) is 0. The van der Waals surface area contributed by atoms with Gasteiger partial charge in [-0.15, -0.1) is 0 Å². The van der Waals surface area contributed by atoms with Crippen molar-refractivity contribution in [3.63, 3.8) is 0 Å². The van der Waals surface area contributed by atoms with Gasteiger partial charge in [0.05, 0.1) is 17.6 Å². The van der Waals surface area contributed by atoms with Gasteiger partial charge in [-0.25, -0.2) is 0 Å². The van der Waals surface area contributed by atoms with Gasteiger partial charge in [0, 0.05) is 24.4 Å². The molecule has 4 nitrogen and oxygen atoms in total. The van der Waals surface area contributed by atoms with Crippen molar-refractivity contribution in [3.05, 3.63) is 65.5 Å². The van der Waals surface area contributed by atoms with Gasteiger partial charge in [0.25, 0.3) is 0 Å². The molecule has 2 aromatic rings. The summed E-state index contributed by atoms with van der Waals surface area (Å²) < 4.78 is 45.9. The number of alkyl halides is 3. The zero-order valence-corrected chi connectivity index (χ0v) is 18.0. The lowest BCUT2D eigenvalue weighted by Crippen LogP contribution is -2.49. The molecule has 1 saturated heterocycles. The first-order valence-corrected chi connectivity index (χ1v) is 10.7. The van der Waals surface area contributed by atoms with Crippen molar-refractivity contribution in [1.82, 2.24) is 9.88 Å². The average Bonchev–Trinajstić information content (AvgIpc) is 2.74. The van der Waals surface area contributed by atoms with E-state index in [-0.39, 0.29) is 24.6 Å². The fourth-order valence-electron chi connectivity index (χ4n) is 4.40. The summed E-state index contributed by atoms with van der Waals surface area (Å²) in [6.07, 6.45) is -0.949. The van der Waals surface area contributed by atoms with Crippen LogP contribution in [0.5, 0.6) is 0 Å². The highest BCUT2D eigenvalue weighted by Gasteiger charge is 2.45. The number of halogens is 3. The largest absolute Gasteiger partial charge is 0.466 e. The molecule has 0 amide bonds. The molecule has 31 heavy (non-hydrogen) atoms. The molecule has 0 spiro atoms. The summed E-state index contributed by atoms with van der Waals surface area (Å²) in [7, 11) is 0. The van der Waals surface area contributed by atoms with E-state index in [4.69, 9.17) is 4.74 Å². The van der Waals surface area contributed by atoms with Crippen LogP contribution in [0, 0.1) is 5.41 Å². The molecule has 0 radical (unpaired) electrons. The second-order valence-corrected chi connectivity index (χ2v) is 8.24. The summed E-state index contributed by atoms with van der Waals surface area (Å²) in [5.74, 6) is -0.399. The van der Waals surface area contributed by atoms with Crippen molar-refractivity contribution >= 4 is 5.97 Å². The minimum atomic E-state index is -4.45. The van der Waals surface area contributed by atoms with E-state index < -0.39 is 23.1 Å². The Bertz CT molecular complexity index is 863. The molecule has 1 unspecified atom stereocenters. The number of ether oxygens (including phenoxy) is 1. The number of hydrogen-bond donors (Lipinski definition) is 0. The maximum absolute atomic E-state index is 13.5. The summed E-state index contributed by atoms with van der Waals surface area (Å²) in [6, 6.07) is 11.6. The molecule has 0 saturated carbocycles. The Kier molecular flexibility index (Phi) is 7.36. The van der Waals surface area contributed by atoms with Gasteiger partial charge < -0.3 is 9.64 Å². The van der Waals surface area contributed by atoms with E-state index in [2.05, 4.69) is 16.8 Å². The standard InChI is InChI=1S/C24H29F3N2O2/c1-3-31-22(30)23(17-19-8-4-5-10-21(19)24(25,26)27)11-14-29(15-12-23)18(2)16-20-9-6-7-13-28-20/h4-10,13,18H,3,11-12,14-17H2,1-2H3. The molecule has 7 heteroatoms. The molecule has 0 bridgehead atoms. The highest BCUT2D eigenvalue weighted by atomic mass is 19.4. The SMILES string of the molecule is CCOC(=O)C1(Cc2ccccc2C(F)(F)F)CCN(C(C)Cc2ccccn2)CC1. The van der Waals surface area contributed by atoms with Crippen LogP contribution in [0.1, 0.15) is 43.5 Å². The van der Waals surface area contributed by atoms with E-state index >= 15 is 0 Å². The molecule has 1 atom stereocenters. The molecule has 0 aliphatic carbocycles. The Morgan fingerprint density at radius 1 is 1.16 bits per heavy atom. The van der Waals surface area contributed by atoms with E-state index in [1.165, 1.54) is 12.1 Å². The topological polar surface area (TPSA) is 42.4 Å². The number of carbonyl (C=O) groups excluding carboxylic acids is 1. The van der Waals surface area contributed by atoms with Crippen LogP contribution in [0.15, 0.2) is 48.7 Å². The third-order valence-electron chi connectivity index (χ3n) is 6.17. The number of likely N-dealkylation sites (tertiary alicyclic amines) is 1. The van der Waals surface area contributed by atoms with Crippen molar-refractivity contribution < 1.29 is 22.7 Å². The van der Waals surface area contributed by atoms with Gasteiger partial charge in [0.1, 0.15) is 0 Å². The van der Waals surface area contributed by atoms with E-state index in [0.717, 1.165) is 18.2 Å². The number of aromatic nitrogens is 1. The quantitative estimate of drug-likeness (QED) is 0.580. The van der Waals surface area contributed by atoms with Crippen LogP contribution >= 0.6 is 0 Å². The molecule has 1 aromatic carbocycles. The minimum absolute atomic E-state index is 0.0317. The van der Waals surface area contributed by atoms with Crippen LogP contribution < -0.4 is 0 Å². The van der Waals surface area contributed by atoms with Crippen molar-refractivity contribution in [3.8, 4) is 0 Å². The second kappa shape index (κ2) is 9.81. The fraction of sp³-hybridized carbons (Fsp3) is 0.500. The molecular formula is C24H29F3N2O2. The predicted molar refractivity (Wildman–Crippen MR) is 112 cm³/mol. The molecular weight excluding hydrogens is 405 g/mol. The van der Waals surface area contributed by atoms with Crippen LogP contribution in [0.4, 0.5) is 13.2 Å². The number of esters is 1. The van der Waals surface area contributed by atoms with Crippen LogP contribution in [-0.4, -0.2) is 41.6 Å². The second-order valence-electron chi connectivity index (χ2n) is 8.24. The summed E-state index contributed by atoms with van der Waals surface area (Å²) >= 11 is 0. The van der Waals surface area contributed by atoms with Crippen LogP contribution in [-0.2, 0) is 28.5 Å². The molecule has 1 aliphatic heterocycles. The van der Waals surface area contributed by atoms with Crippen molar-refractivity contribution in [2.75, 3.05) is 19.7 Å². The van der Waals surface area contributed by atoms with E-state index in [1.54, 1.807) is 19.2 Å². The number of nitrogens with zero attached hydrogens (tertiary/aromatic N) is 2. The summed E-state index contributed by atoms with van der Waals surface area (Å²) in [4.78, 5) is 19.6. The molecule has 3 rings (SSSR count). The fourth-order valence-corrected chi connectivity index (χ4v) is 4.40. The van der Waals surface area contributed by atoms with Gasteiger partial charge in [-0.2, -0.15) is 13.2 Å². The Morgan fingerprint density at radius 2 is 1.84 bits per heavy atom. The van der Waals surface area contributed by atoms with Crippen molar-refractivity contribution in [1.29, 1.82) is 0 Å². The van der Waals surface area contributed by atoms with Gasteiger partial charge in [-0.05, 0) is 70.0 Å². The van der Waals surface area contributed by atoms with Gasteiger partial charge >= 0.3 is 12.1 Å². The molecule has 1 aliphatic rings. The summed E-state index contributed by atoms with van der Waals surface area (Å²) in [5.41, 5.74) is -0.475. The first-order valence-electron chi connectivity index (χ1n) is 10.7. The molecule has 168 valence electrons. The Balaban J connectivity index is 1.77. The first-order chi connectivity index (χ1) is 14.7. The Labute approximate surface area is 181 Å². The number of carbonyl (C=O) groups is 1. The third-order valence-corrected chi connectivity index (χ3v) is 6.17. The smallest absolute Gasteiger partial charge is 0.416 e. The highest BCUT2D eigenvalue weighted by molar-refractivity contribution is 5.77. The van der Waals surface area contributed by atoms with E-state index in [1.807, 2.05) is 18.2 Å². The zero-order chi connectivity index (χ0) is 22.5. The number of hydrogen-bond acceptors (Lipinski definition) is 4. The van der Waals surface area contributed by atoms with E-state index in [9.17, 15) is 18.0 Å². The minimum Gasteiger partial charge on any atom is -0.466 e. The molecule has 2 heterocycles. The zero-order valence-electron chi connectivity index (χ0n) is 18.0. The molecule has 0 N–H and O–H groups in total. The normalized spacial score (nSPS) is 17.8. The maximum atomic E-state index is 13.5. The average molecular weight is 435 g/mol. The maximum Gasteiger partial charge on any atom is 0.416 e. The summed E-state index contributed by atoms with van der Waals surface area (Å²) in [6.45, 7) is 5.30. The van der Waals surface area contributed by atoms with Crippen molar-refractivity contribution in [2.45, 2.75) is 51.7 Å². The number of piperidine rings is 1. The Hall–Kier alpha value is -2.41. The Morgan fingerprint density at radius 3 is 2.45 bits per heavy atom. The third kappa shape index (κ3) is 5.64. The van der Waals surface area contributed by atoms with Gasteiger partial charge in [-0.3, -0.25) is 9.78 Å². The lowest BCUT2D eigenvalue weighted by atomic mass is 9.72. The van der Waals surface area contributed by atoms with Crippen LogP contribution in [0.3, 0.4) is 0 Å². The number of benzene rings is 1. The molecule has 1 fully saturated rings. The van der Waals surface area contributed by atoms with Gasteiger partial charge in [0.15, 0.2) is 0 Å². The lowest BCUT2D eigenvalue weighted by Gasteiger charge is -2.42. The molecule has 1 aromatic heterocycles. The first kappa shape index (κ1) is 23.3.